The summed E-state index contributed by atoms with van der Waals surface area (Å²) in [6.45, 7) is 0.982. The summed E-state index contributed by atoms with van der Waals surface area (Å²) in [6, 6.07) is 3.50. The smallest absolute Gasteiger partial charge is 0.230 e. The Balaban J connectivity index is 1.97. The Morgan fingerprint density at radius 2 is 2.04 bits per heavy atom. The molecule has 0 saturated heterocycles. The highest BCUT2D eigenvalue weighted by molar-refractivity contribution is 6.52. The average molecular weight is 347 g/mol. The predicted octanol–water partition coefficient (Wildman–Crippen LogP) is 2.39. The molecule has 1 aromatic heterocycles. The van der Waals surface area contributed by atoms with Crippen LogP contribution in [0.15, 0.2) is 27.6 Å². The summed E-state index contributed by atoms with van der Waals surface area (Å²) in [4.78, 5) is 34.6. The number of nitrogens with zero attached hydrogens (tertiary/aromatic N) is 3. The molecule has 0 amide bonds. The number of hydrogen-bond acceptors (Lipinski definition) is 6. The topological polar surface area (TPSA) is 75.8 Å². The minimum absolute atomic E-state index is 0.0962. The highest BCUT2D eigenvalue weighted by Gasteiger charge is 2.35. The SMILES string of the molecule is CN(C)CCN=C1CC(=O)c2oc(-c3cccc(F)c3F)nc2C1=O. The number of hydrogen-bond donors (Lipinski definition) is 0. The van der Waals surface area contributed by atoms with Crippen LogP contribution < -0.4 is 0 Å². The first kappa shape index (κ1) is 17.1. The van der Waals surface area contributed by atoms with Crippen molar-refractivity contribution in [1.29, 1.82) is 0 Å². The van der Waals surface area contributed by atoms with E-state index in [4.69, 9.17) is 4.42 Å². The molecular weight excluding hydrogens is 332 g/mol. The number of fused-ring (bicyclic) bond motifs is 1. The van der Waals surface area contributed by atoms with Crippen molar-refractivity contribution in [3.63, 3.8) is 0 Å². The Kier molecular flexibility index (Phi) is 4.54. The first-order chi connectivity index (χ1) is 11.9. The van der Waals surface area contributed by atoms with Crippen molar-refractivity contribution in [3.05, 3.63) is 41.3 Å². The van der Waals surface area contributed by atoms with Gasteiger partial charge in [-0.05, 0) is 26.2 Å². The van der Waals surface area contributed by atoms with Gasteiger partial charge in [-0.2, -0.15) is 0 Å². The Morgan fingerprint density at radius 1 is 1.28 bits per heavy atom. The van der Waals surface area contributed by atoms with Crippen molar-refractivity contribution in [2.75, 3.05) is 27.2 Å². The summed E-state index contributed by atoms with van der Waals surface area (Å²) < 4.78 is 32.5. The van der Waals surface area contributed by atoms with Crippen LogP contribution in [0.2, 0.25) is 0 Å². The van der Waals surface area contributed by atoms with Crippen molar-refractivity contribution in [1.82, 2.24) is 9.88 Å². The fourth-order valence-corrected chi connectivity index (χ4v) is 2.41. The van der Waals surface area contributed by atoms with Crippen molar-refractivity contribution >= 4 is 17.3 Å². The molecule has 8 heteroatoms. The normalized spacial score (nSPS) is 16.0. The number of likely N-dealkylation sites (N-methyl/N-ethyl adjacent to an activating group) is 1. The molecule has 1 aliphatic carbocycles. The monoisotopic (exact) mass is 347 g/mol. The molecule has 1 aromatic carbocycles. The lowest BCUT2D eigenvalue weighted by Gasteiger charge is -2.10. The maximum absolute atomic E-state index is 13.9. The molecular formula is C17H15F2N3O3. The van der Waals surface area contributed by atoms with Crippen LogP contribution in [0.1, 0.15) is 27.5 Å². The van der Waals surface area contributed by atoms with Crippen LogP contribution in [-0.4, -0.2) is 54.3 Å². The molecule has 0 fully saturated rings. The Hall–Kier alpha value is -2.74. The summed E-state index contributed by atoms with van der Waals surface area (Å²) in [6.07, 6.45) is -0.195. The second-order valence-electron chi connectivity index (χ2n) is 5.86. The zero-order chi connectivity index (χ0) is 18.1. The first-order valence-corrected chi connectivity index (χ1v) is 7.59. The van der Waals surface area contributed by atoms with Gasteiger partial charge in [0.1, 0.15) is 0 Å². The number of oxazole rings is 1. The molecule has 0 bridgehead atoms. The molecule has 0 unspecified atom stereocenters. The lowest BCUT2D eigenvalue weighted by Crippen LogP contribution is -2.27. The highest BCUT2D eigenvalue weighted by atomic mass is 19.2. The zero-order valence-corrected chi connectivity index (χ0v) is 13.7. The standard InChI is InChI=1S/C17H15F2N3O3/c1-22(2)7-6-20-11-8-12(23)16-14(15(11)24)21-17(25-16)9-4-3-5-10(18)13(9)19/h3-5H,6-8H2,1-2H3. The molecule has 0 atom stereocenters. The number of halogens is 2. The molecule has 1 heterocycles. The summed E-state index contributed by atoms with van der Waals surface area (Å²) in [5.41, 5.74) is -0.362. The lowest BCUT2D eigenvalue weighted by molar-refractivity contribution is 0.0940. The van der Waals surface area contributed by atoms with Crippen LogP contribution in [0.25, 0.3) is 11.5 Å². The van der Waals surface area contributed by atoms with E-state index < -0.39 is 23.2 Å². The molecule has 3 rings (SSSR count). The number of Topliss-reactive ketones (excluding diaryl/α,β-unsaturated/α-hetero) is 2. The molecule has 0 radical (unpaired) electrons. The quantitative estimate of drug-likeness (QED) is 0.849. The van der Waals surface area contributed by atoms with E-state index >= 15 is 0 Å². The van der Waals surface area contributed by atoms with Crippen molar-refractivity contribution in [2.24, 2.45) is 4.99 Å². The Morgan fingerprint density at radius 3 is 2.76 bits per heavy atom. The third kappa shape index (κ3) is 3.25. The van der Waals surface area contributed by atoms with E-state index in [1.54, 1.807) is 0 Å². The van der Waals surface area contributed by atoms with E-state index in [-0.39, 0.29) is 35.0 Å². The molecule has 0 saturated carbocycles. The summed E-state index contributed by atoms with van der Waals surface area (Å²) >= 11 is 0. The van der Waals surface area contributed by atoms with Crippen LogP contribution in [0.3, 0.4) is 0 Å². The number of aromatic nitrogens is 1. The Bertz CT molecular complexity index is 887. The van der Waals surface area contributed by atoms with Crippen LogP contribution in [-0.2, 0) is 0 Å². The van der Waals surface area contributed by atoms with E-state index in [1.165, 1.54) is 12.1 Å². The molecule has 0 spiro atoms. The van der Waals surface area contributed by atoms with Gasteiger partial charge in [0.25, 0.3) is 0 Å². The van der Waals surface area contributed by atoms with Crippen LogP contribution in [0.4, 0.5) is 8.78 Å². The molecule has 0 aliphatic heterocycles. The van der Waals surface area contributed by atoms with Gasteiger partial charge in [-0.15, -0.1) is 0 Å². The van der Waals surface area contributed by atoms with Crippen LogP contribution in [0, 0.1) is 11.6 Å². The van der Waals surface area contributed by atoms with E-state index in [0.29, 0.717) is 13.1 Å². The summed E-state index contributed by atoms with van der Waals surface area (Å²) in [7, 11) is 3.73. The minimum atomic E-state index is -1.15. The number of benzene rings is 1. The van der Waals surface area contributed by atoms with E-state index in [2.05, 4.69) is 9.98 Å². The van der Waals surface area contributed by atoms with Gasteiger partial charge in [-0.3, -0.25) is 14.6 Å². The Labute approximate surface area is 142 Å². The first-order valence-electron chi connectivity index (χ1n) is 7.59. The van der Waals surface area contributed by atoms with Crippen molar-refractivity contribution in [2.45, 2.75) is 6.42 Å². The predicted molar refractivity (Wildman–Crippen MR) is 86.0 cm³/mol. The average Bonchev–Trinajstić information content (AvgIpc) is 3.00. The third-order valence-electron chi connectivity index (χ3n) is 3.72. The summed E-state index contributed by atoms with van der Waals surface area (Å²) in [5, 5.41) is 0. The number of carbonyl (C=O) groups excluding carboxylic acids is 2. The number of carbonyl (C=O) groups is 2. The van der Waals surface area contributed by atoms with Gasteiger partial charge in [0.2, 0.25) is 23.2 Å². The molecule has 2 aromatic rings. The largest absolute Gasteiger partial charge is 0.432 e. The van der Waals surface area contributed by atoms with Gasteiger partial charge >= 0.3 is 0 Å². The van der Waals surface area contributed by atoms with Gasteiger partial charge in [-0.1, -0.05) is 6.07 Å². The number of rotatable bonds is 4. The molecule has 1 aliphatic rings. The fraction of sp³-hybridized carbons (Fsp3) is 0.294. The lowest BCUT2D eigenvalue weighted by atomic mass is 9.97. The zero-order valence-electron chi connectivity index (χ0n) is 13.7. The van der Waals surface area contributed by atoms with Crippen LogP contribution >= 0.6 is 0 Å². The maximum Gasteiger partial charge on any atom is 0.230 e. The second-order valence-corrected chi connectivity index (χ2v) is 5.86. The fourth-order valence-electron chi connectivity index (χ4n) is 2.41. The molecule has 25 heavy (non-hydrogen) atoms. The molecule has 6 nitrogen and oxygen atoms in total. The highest BCUT2D eigenvalue weighted by Crippen LogP contribution is 2.29. The van der Waals surface area contributed by atoms with Crippen molar-refractivity contribution in [3.8, 4) is 11.5 Å². The van der Waals surface area contributed by atoms with Gasteiger partial charge in [0.05, 0.1) is 24.2 Å². The minimum Gasteiger partial charge on any atom is -0.432 e. The third-order valence-corrected chi connectivity index (χ3v) is 3.72. The number of aliphatic imine (C=N–C) groups is 1. The van der Waals surface area contributed by atoms with E-state index in [0.717, 1.165) is 6.07 Å². The summed E-state index contributed by atoms with van der Waals surface area (Å²) in [5.74, 6) is -3.76. The van der Waals surface area contributed by atoms with Gasteiger partial charge in [-0.25, -0.2) is 13.8 Å². The van der Waals surface area contributed by atoms with Crippen molar-refractivity contribution < 1.29 is 22.8 Å². The van der Waals surface area contributed by atoms with E-state index in [9.17, 15) is 18.4 Å². The molecule has 0 N–H and O–H groups in total. The van der Waals surface area contributed by atoms with Gasteiger partial charge < -0.3 is 9.32 Å². The van der Waals surface area contributed by atoms with E-state index in [1.807, 2.05) is 19.0 Å². The number of ketones is 2. The molecule has 130 valence electrons. The van der Waals surface area contributed by atoms with Gasteiger partial charge in [0, 0.05) is 6.54 Å². The second kappa shape index (κ2) is 6.64. The maximum atomic E-state index is 13.9. The van der Waals surface area contributed by atoms with Gasteiger partial charge in [0.15, 0.2) is 17.3 Å². The van der Waals surface area contributed by atoms with Crippen LogP contribution in [0.5, 0.6) is 0 Å².